The largest absolute Gasteiger partial charge is 0.330 e. The Kier molecular flexibility index (Phi) is 7.98. The Morgan fingerprint density at radius 1 is 0.818 bits per heavy atom. The summed E-state index contributed by atoms with van der Waals surface area (Å²) >= 11 is 0. The summed E-state index contributed by atoms with van der Waals surface area (Å²) in [7, 11) is -1.05. The van der Waals surface area contributed by atoms with Gasteiger partial charge in [-0.05, 0) is 17.9 Å². The average molecular weight is 350 g/mol. The Morgan fingerprint density at radius 2 is 1.23 bits per heavy atom. The summed E-state index contributed by atoms with van der Waals surface area (Å²) in [5.41, 5.74) is 1.05. The molecule has 0 heterocycles. The second kappa shape index (κ2) is 8.97. The van der Waals surface area contributed by atoms with E-state index in [0.29, 0.717) is 6.42 Å². The molecule has 126 valence electrons. The maximum Gasteiger partial charge on any atom is 0.330 e. The zero-order chi connectivity index (χ0) is 16.6. The minimum Gasteiger partial charge on any atom is -0.312 e. The maximum absolute atomic E-state index is 12.4. The van der Waals surface area contributed by atoms with E-state index in [1.807, 2.05) is 30.3 Å². The third-order valence-corrected chi connectivity index (χ3v) is 7.60. The minimum atomic E-state index is -3.21. The molecular formula is C14H24O6P2. The van der Waals surface area contributed by atoms with Gasteiger partial charge in [-0.1, -0.05) is 30.3 Å². The van der Waals surface area contributed by atoms with E-state index in [-0.39, 0.29) is 18.2 Å². The van der Waals surface area contributed by atoms with Gasteiger partial charge in [0.1, 0.15) is 0 Å². The molecule has 0 saturated heterocycles. The summed E-state index contributed by atoms with van der Waals surface area (Å²) in [5, 5.41) is 0. The molecule has 0 saturated carbocycles. The number of hydrogen-bond acceptors (Lipinski definition) is 6. The molecule has 0 aliphatic carbocycles. The molecular weight excluding hydrogens is 326 g/mol. The zero-order valence-corrected chi connectivity index (χ0v) is 15.2. The molecule has 1 aromatic carbocycles. The molecule has 0 aliphatic heterocycles. The van der Waals surface area contributed by atoms with Crippen LogP contribution in [0.4, 0.5) is 0 Å². The van der Waals surface area contributed by atoms with Crippen molar-refractivity contribution in [1.29, 1.82) is 0 Å². The predicted molar refractivity (Wildman–Crippen MR) is 86.6 cm³/mol. The van der Waals surface area contributed by atoms with Crippen LogP contribution in [0.5, 0.6) is 0 Å². The van der Waals surface area contributed by atoms with Crippen LogP contribution in [0, 0.1) is 5.92 Å². The molecule has 0 fully saturated rings. The lowest BCUT2D eigenvalue weighted by molar-refractivity contribution is 0.261. The standard InChI is InChI=1S/C14H24O6P2/c1-17-21(15,18-2)11-14(12-22(16,19-3)20-4)10-13-8-6-5-7-9-13/h5-9,14H,10-12H2,1-4H3. The van der Waals surface area contributed by atoms with Crippen LogP contribution < -0.4 is 0 Å². The topological polar surface area (TPSA) is 71.1 Å². The Hall–Kier alpha value is -0.480. The second-order valence-electron chi connectivity index (χ2n) is 4.87. The van der Waals surface area contributed by atoms with Crippen LogP contribution in [0.1, 0.15) is 5.56 Å². The third kappa shape index (κ3) is 5.96. The molecule has 22 heavy (non-hydrogen) atoms. The fraction of sp³-hybridized carbons (Fsp3) is 0.571. The van der Waals surface area contributed by atoms with Crippen LogP contribution >= 0.6 is 15.2 Å². The molecule has 6 nitrogen and oxygen atoms in total. The van der Waals surface area contributed by atoms with Gasteiger partial charge in [-0.3, -0.25) is 9.13 Å². The van der Waals surface area contributed by atoms with Crippen molar-refractivity contribution in [2.75, 3.05) is 40.8 Å². The number of hydrogen-bond donors (Lipinski definition) is 0. The van der Waals surface area contributed by atoms with Crippen LogP contribution in [0.3, 0.4) is 0 Å². The second-order valence-corrected chi connectivity index (χ2v) is 9.51. The molecule has 8 heteroatoms. The van der Waals surface area contributed by atoms with Gasteiger partial charge in [0.05, 0.1) is 12.3 Å². The monoisotopic (exact) mass is 350 g/mol. The minimum absolute atomic E-state index is 0.144. The fourth-order valence-electron chi connectivity index (χ4n) is 2.21. The van der Waals surface area contributed by atoms with Gasteiger partial charge < -0.3 is 18.1 Å². The van der Waals surface area contributed by atoms with E-state index in [0.717, 1.165) is 5.56 Å². The smallest absolute Gasteiger partial charge is 0.312 e. The summed E-state index contributed by atoms with van der Waals surface area (Å²) in [6.45, 7) is 0. The highest BCUT2D eigenvalue weighted by Gasteiger charge is 2.33. The first-order valence-corrected chi connectivity index (χ1v) is 10.3. The van der Waals surface area contributed by atoms with Crippen molar-refractivity contribution in [2.24, 2.45) is 5.92 Å². The van der Waals surface area contributed by atoms with Crippen molar-refractivity contribution in [3.63, 3.8) is 0 Å². The molecule has 0 aromatic heterocycles. The van der Waals surface area contributed by atoms with Gasteiger partial charge >= 0.3 is 15.2 Å². The van der Waals surface area contributed by atoms with E-state index >= 15 is 0 Å². The summed E-state index contributed by atoms with van der Waals surface area (Å²) in [5.74, 6) is -0.223. The van der Waals surface area contributed by atoms with E-state index < -0.39 is 15.2 Å². The highest BCUT2D eigenvalue weighted by atomic mass is 31.2. The summed E-state index contributed by atoms with van der Waals surface area (Å²) in [6, 6.07) is 9.68. The molecule has 1 rings (SSSR count). The molecule has 0 aliphatic rings. The van der Waals surface area contributed by atoms with Crippen LogP contribution in [-0.2, 0) is 33.6 Å². The molecule has 0 radical (unpaired) electrons. The van der Waals surface area contributed by atoms with Gasteiger partial charge in [0.2, 0.25) is 0 Å². The Balaban J connectivity index is 2.94. The molecule has 0 unspecified atom stereocenters. The van der Waals surface area contributed by atoms with Gasteiger partial charge in [0.15, 0.2) is 0 Å². The van der Waals surface area contributed by atoms with Crippen molar-refractivity contribution in [3.05, 3.63) is 35.9 Å². The lowest BCUT2D eigenvalue weighted by Crippen LogP contribution is -2.17. The molecule has 0 bridgehead atoms. The number of rotatable bonds is 10. The summed E-state index contributed by atoms with van der Waals surface area (Å²) in [4.78, 5) is 0. The molecule has 1 aromatic rings. The lowest BCUT2D eigenvalue weighted by atomic mass is 10.0. The Morgan fingerprint density at radius 3 is 1.59 bits per heavy atom. The van der Waals surface area contributed by atoms with Gasteiger partial charge in [-0.15, -0.1) is 0 Å². The Bertz CT molecular complexity index is 489. The van der Waals surface area contributed by atoms with E-state index in [2.05, 4.69) is 0 Å². The molecule has 0 atom stereocenters. The van der Waals surface area contributed by atoms with Crippen LogP contribution in [0.2, 0.25) is 0 Å². The van der Waals surface area contributed by atoms with E-state index in [1.165, 1.54) is 28.4 Å². The van der Waals surface area contributed by atoms with Crippen molar-refractivity contribution in [3.8, 4) is 0 Å². The van der Waals surface area contributed by atoms with Gasteiger partial charge in [-0.2, -0.15) is 0 Å². The first-order valence-electron chi connectivity index (χ1n) is 6.85. The summed E-state index contributed by atoms with van der Waals surface area (Å²) < 4.78 is 44.8. The fourth-order valence-corrected chi connectivity index (χ4v) is 5.09. The normalized spacial score (nSPS) is 12.8. The van der Waals surface area contributed by atoms with E-state index in [9.17, 15) is 9.13 Å². The SMILES string of the molecule is COP(=O)(CC(Cc1ccccc1)CP(=O)(OC)OC)OC. The zero-order valence-electron chi connectivity index (χ0n) is 13.4. The highest BCUT2D eigenvalue weighted by molar-refractivity contribution is 7.54. The van der Waals surface area contributed by atoms with Crippen molar-refractivity contribution >= 4 is 15.2 Å². The maximum atomic E-state index is 12.4. The van der Waals surface area contributed by atoms with Gasteiger partial charge in [0.25, 0.3) is 0 Å². The van der Waals surface area contributed by atoms with Gasteiger partial charge in [0, 0.05) is 28.4 Å². The van der Waals surface area contributed by atoms with Crippen molar-refractivity contribution in [1.82, 2.24) is 0 Å². The highest BCUT2D eigenvalue weighted by Crippen LogP contribution is 2.53. The third-order valence-electron chi connectivity index (χ3n) is 3.44. The predicted octanol–water partition coefficient (Wildman–Crippen LogP) is 3.82. The van der Waals surface area contributed by atoms with Crippen molar-refractivity contribution in [2.45, 2.75) is 6.42 Å². The summed E-state index contributed by atoms with van der Waals surface area (Å²) in [6.07, 6.45) is 0.867. The van der Waals surface area contributed by atoms with Crippen LogP contribution in [0.25, 0.3) is 0 Å². The lowest BCUT2D eigenvalue weighted by Gasteiger charge is -2.24. The van der Waals surface area contributed by atoms with E-state index in [1.54, 1.807) is 0 Å². The average Bonchev–Trinajstić information content (AvgIpc) is 2.55. The molecule has 0 N–H and O–H groups in total. The van der Waals surface area contributed by atoms with Crippen LogP contribution in [-0.4, -0.2) is 40.8 Å². The van der Waals surface area contributed by atoms with E-state index in [4.69, 9.17) is 18.1 Å². The quantitative estimate of drug-likeness (QED) is 0.598. The van der Waals surface area contributed by atoms with Gasteiger partial charge in [-0.25, -0.2) is 0 Å². The number of benzene rings is 1. The van der Waals surface area contributed by atoms with Crippen molar-refractivity contribution < 1.29 is 27.2 Å². The molecule has 0 spiro atoms. The first-order chi connectivity index (χ1) is 10.4. The molecule has 0 amide bonds. The Labute approximate surface area is 132 Å². The first kappa shape index (κ1) is 19.6. The van der Waals surface area contributed by atoms with Crippen LogP contribution in [0.15, 0.2) is 30.3 Å².